The van der Waals surface area contributed by atoms with Gasteiger partial charge in [0, 0.05) is 24.9 Å². The van der Waals surface area contributed by atoms with Gasteiger partial charge in [-0.15, -0.1) is 10.2 Å². The molecule has 6 heteroatoms. The molecule has 4 heterocycles. The van der Waals surface area contributed by atoms with Crippen LogP contribution in [0.3, 0.4) is 0 Å². The van der Waals surface area contributed by atoms with Crippen molar-refractivity contribution in [3.05, 3.63) is 41.7 Å². The molecule has 0 N–H and O–H groups in total. The van der Waals surface area contributed by atoms with Crippen molar-refractivity contribution in [3.63, 3.8) is 0 Å². The lowest BCUT2D eigenvalue weighted by Crippen LogP contribution is -2.27. The first-order chi connectivity index (χ1) is 12.8. The highest BCUT2D eigenvalue weighted by atomic mass is 15.3. The van der Waals surface area contributed by atoms with E-state index in [0.717, 1.165) is 60.7 Å². The molecule has 0 unspecified atom stereocenters. The van der Waals surface area contributed by atoms with Gasteiger partial charge in [-0.25, -0.2) is 9.97 Å². The first-order valence-corrected chi connectivity index (χ1v) is 9.72. The number of rotatable bonds is 2. The van der Waals surface area contributed by atoms with Gasteiger partial charge in [0.2, 0.25) is 0 Å². The number of nitrogens with zero attached hydrogens (tertiary/aromatic N) is 6. The van der Waals surface area contributed by atoms with Crippen LogP contribution in [-0.2, 0) is 13.0 Å². The SMILES string of the molecule is Cc1cccc2ncnc(N3CCC[C@H]3c3nnc4n3CCCCC4)c12. The maximum absolute atomic E-state index is 4.70. The van der Waals surface area contributed by atoms with Gasteiger partial charge in [0.1, 0.15) is 18.0 Å². The lowest BCUT2D eigenvalue weighted by Gasteiger charge is -2.27. The summed E-state index contributed by atoms with van der Waals surface area (Å²) in [6.45, 7) is 4.20. The predicted octanol–water partition coefficient (Wildman–Crippen LogP) is 3.60. The third-order valence-corrected chi connectivity index (χ3v) is 5.81. The van der Waals surface area contributed by atoms with Crippen LogP contribution in [-0.4, -0.2) is 31.3 Å². The second-order valence-corrected chi connectivity index (χ2v) is 7.45. The number of hydrogen-bond donors (Lipinski definition) is 0. The molecule has 1 aromatic carbocycles. The van der Waals surface area contributed by atoms with Crippen LogP contribution < -0.4 is 4.90 Å². The molecule has 26 heavy (non-hydrogen) atoms. The molecule has 6 nitrogen and oxygen atoms in total. The van der Waals surface area contributed by atoms with E-state index in [0.29, 0.717) is 0 Å². The van der Waals surface area contributed by atoms with Gasteiger partial charge in [0.15, 0.2) is 5.82 Å². The van der Waals surface area contributed by atoms with Crippen molar-refractivity contribution in [1.82, 2.24) is 24.7 Å². The van der Waals surface area contributed by atoms with Crippen LogP contribution >= 0.6 is 0 Å². The molecule has 0 aliphatic carbocycles. The average Bonchev–Trinajstić information content (AvgIpc) is 3.22. The van der Waals surface area contributed by atoms with Crippen molar-refractivity contribution >= 4 is 16.7 Å². The molecule has 0 radical (unpaired) electrons. The summed E-state index contributed by atoms with van der Waals surface area (Å²) in [5, 5.41) is 10.3. The van der Waals surface area contributed by atoms with Crippen molar-refractivity contribution < 1.29 is 0 Å². The zero-order chi connectivity index (χ0) is 17.5. The highest BCUT2D eigenvalue weighted by Gasteiger charge is 2.33. The monoisotopic (exact) mass is 348 g/mol. The number of anilines is 1. The van der Waals surface area contributed by atoms with Gasteiger partial charge in [-0.1, -0.05) is 18.6 Å². The fourth-order valence-corrected chi connectivity index (χ4v) is 4.52. The van der Waals surface area contributed by atoms with Crippen LogP contribution in [0.1, 0.15) is 55.4 Å². The number of aromatic nitrogens is 5. The topological polar surface area (TPSA) is 59.7 Å². The number of fused-ring (bicyclic) bond motifs is 2. The minimum atomic E-state index is 0.257. The Morgan fingerprint density at radius 2 is 1.96 bits per heavy atom. The zero-order valence-corrected chi connectivity index (χ0v) is 15.2. The quantitative estimate of drug-likeness (QED) is 0.708. The Morgan fingerprint density at radius 1 is 1.00 bits per heavy atom. The molecule has 0 saturated carbocycles. The molecule has 2 aliphatic rings. The van der Waals surface area contributed by atoms with Gasteiger partial charge in [0.05, 0.1) is 11.6 Å². The summed E-state index contributed by atoms with van der Waals surface area (Å²) in [6.07, 6.45) is 8.74. The van der Waals surface area contributed by atoms with Crippen LogP contribution in [0.4, 0.5) is 5.82 Å². The lowest BCUT2D eigenvalue weighted by atomic mass is 10.1. The van der Waals surface area contributed by atoms with Gasteiger partial charge < -0.3 is 9.47 Å². The summed E-state index contributed by atoms with van der Waals surface area (Å²) in [5.74, 6) is 3.33. The summed E-state index contributed by atoms with van der Waals surface area (Å²) < 4.78 is 2.38. The van der Waals surface area contributed by atoms with E-state index in [1.165, 1.54) is 24.8 Å². The fourth-order valence-electron chi connectivity index (χ4n) is 4.52. The largest absolute Gasteiger partial charge is 0.346 e. The van der Waals surface area contributed by atoms with Crippen molar-refractivity contribution in [3.8, 4) is 0 Å². The normalized spacial score (nSPS) is 20.3. The minimum Gasteiger partial charge on any atom is -0.346 e. The van der Waals surface area contributed by atoms with Gasteiger partial charge >= 0.3 is 0 Å². The Kier molecular flexibility index (Phi) is 3.84. The summed E-state index contributed by atoms with van der Waals surface area (Å²) in [4.78, 5) is 11.6. The standard InChI is InChI=1S/C20H24N6/c1-14-7-5-8-15-18(14)20(22-13-21-15)25-12-6-9-16(25)19-24-23-17-10-3-2-4-11-26(17)19/h5,7-8,13,16H,2-4,6,9-12H2,1H3/t16-/m0/s1. The van der Waals surface area contributed by atoms with E-state index in [4.69, 9.17) is 4.98 Å². The number of benzene rings is 1. The molecule has 1 atom stereocenters. The molecule has 0 spiro atoms. The van der Waals surface area contributed by atoms with E-state index in [-0.39, 0.29) is 6.04 Å². The fraction of sp³-hybridized carbons (Fsp3) is 0.500. The van der Waals surface area contributed by atoms with Crippen LogP contribution in [0.5, 0.6) is 0 Å². The predicted molar refractivity (Wildman–Crippen MR) is 101 cm³/mol. The molecular formula is C20H24N6. The molecule has 0 bridgehead atoms. The van der Waals surface area contributed by atoms with Gasteiger partial charge in [-0.2, -0.15) is 0 Å². The van der Waals surface area contributed by atoms with Crippen LogP contribution in [0.15, 0.2) is 24.5 Å². The van der Waals surface area contributed by atoms with E-state index >= 15 is 0 Å². The first kappa shape index (κ1) is 15.7. The molecule has 1 fully saturated rings. The summed E-state index contributed by atoms with van der Waals surface area (Å²) >= 11 is 0. The van der Waals surface area contributed by atoms with Gasteiger partial charge in [-0.05, 0) is 44.2 Å². The minimum absolute atomic E-state index is 0.257. The zero-order valence-electron chi connectivity index (χ0n) is 15.2. The lowest BCUT2D eigenvalue weighted by molar-refractivity contribution is 0.558. The van der Waals surface area contributed by atoms with Crippen molar-refractivity contribution in [2.75, 3.05) is 11.4 Å². The molecule has 134 valence electrons. The Balaban J connectivity index is 1.60. The molecular weight excluding hydrogens is 324 g/mol. The second kappa shape index (κ2) is 6.34. The third kappa shape index (κ3) is 2.47. The molecule has 0 amide bonds. The van der Waals surface area contributed by atoms with E-state index in [1.54, 1.807) is 6.33 Å². The average molecular weight is 348 g/mol. The highest BCUT2D eigenvalue weighted by molar-refractivity contribution is 5.92. The van der Waals surface area contributed by atoms with Crippen LogP contribution in [0.2, 0.25) is 0 Å². The number of hydrogen-bond acceptors (Lipinski definition) is 5. The van der Waals surface area contributed by atoms with Crippen molar-refractivity contribution in [2.24, 2.45) is 0 Å². The maximum Gasteiger partial charge on any atom is 0.155 e. The van der Waals surface area contributed by atoms with E-state index in [1.807, 2.05) is 0 Å². The first-order valence-electron chi connectivity index (χ1n) is 9.72. The van der Waals surface area contributed by atoms with Crippen molar-refractivity contribution in [2.45, 2.75) is 58.0 Å². The van der Waals surface area contributed by atoms with E-state index in [2.05, 4.69) is 49.8 Å². The van der Waals surface area contributed by atoms with E-state index in [9.17, 15) is 0 Å². The molecule has 2 aromatic heterocycles. The summed E-state index contributed by atoms with van der Waals surface area (Å²) in [6, 6.07) is 6.53. The molecule has 2 aliphatic heterocycles. The maximum atomic E-state index is 4.70. The highest BCUT2D eigenvalue weighted by Crippen LogP contribution is 2.38. The molecule has 1 saturated heterocycles. The van der Waals surface area contributed by atoms with Gasteiger partial charge in [-0.3, -0.25) is 0 Å². The van der Waals surface area contributed by atoms with E-state index < -0.39 is 0 Å². The summed E-state index contributed by atoms with van der Waals surface area (Å²) in [5.41, 5.74) is 2.24. The van der Waals surface area contributed by atoms with Gasteiger partial charge in [0.25, 0.3) is 0 Å². The smallest absolute Gasteiger partial charge is 0.155 e. The third-order valence-electron chi connectivity index (χ3n) is 5.81. The molecule has 5 rings (SSSR count). The van der Waals surface area contributed by atoms with Crippen molar-refractivity contribution in [1.29, 1.82) is 0 Å². The van der Waals surface area contributed by atoms with Crippen LogP contribution in [0.25, 0.3) is 10.9 Å². The van der Waals surface area contributed by atoms with Crippen LogP contribution in [0, 0.1) is 6.92 Å². The second-order valence-electron chi connectivity index (χ2n) is 7.45. The number of aryl methyl sites for hydroxylation is 2. The Labute approximate surface area is 153 Å². The Morgan fingerprint density at radius 3 is 2.92 bits per heavy atom. The summed E-state index contributed by atoms with van der Waals surface area (Å²) in [7, 11) is 0. The Bertz CT molecular complexity index is 941. The molecule has 3 aromatic rings. The Hall–Kier alpha value is -2.50.